The minimum Gasteiger partial charge on any atom is -0.378 e. The Kier molecular flexibility index (Phi) is 4.03. The number of thiophene rings is 1. The lowest BCUT2D eigenvalue weighted by Crippen LogP contribution is -2.28. The first-order chi connectivity index (χ1) is 10.2. The number of nitrogens with zero attached hydrogens (tertiary/aromatic N) is 4. The van der Waals surface area contributed by atoms with Gasteiger partial charge in [-0.3, -0.25) is 4.79 Å². The zero-order valence-electron chi connectivity index (χ0n) is 12.2. The Hall–Kier alpha value is -1.73. The van der Waals surface area contributed by atoms with Crippen LogP contribution >= 0.6 is 11.3 Å². The van der Waals surface area contributed by atoms with E-state index in [4.69, 9.17) is 4.74 Å². The van der Waals surface area contributed by atoms with Crippen molar-refractivity contribution < 1.29 is 9.53 Å². The van der Waals surface area contributed by atoms with Crippen LogP contribution in [0.4, 0.5) is 0 Å². The molecule has 6 nitrogen and oxygen atoms in total. The summed E-state index contributed by atoms with van der Waals surface area (Å²) in [5, 5.41) is 10.2. The quantitative estimate of drug-likeness (QED) is 0.865. The van der Waals surface area contributed by atoms with Crippen molar-refractivity contribution in [3.63, 3.8) is 0 Å². The molecular formula is C14H18N4O2S. The average molecular weight is 306 g/mol. The highest BCUT2D eigenvalue weighted by atomic mass is 32.1. The maximum atomic E-state index is 12.4. The normalized spacial score (nSPS) is 18.4. The zero-order chi connectivity index (χ0) is 14.8. The molecule has 1 atom stereocenters. The Morgan fingerprint density at radius 3 is 3.14 bits per heavy atom. The van der Waals surface area contributed by atoms with Crippen LogP contribution in [0.1, 0.15) is 33.4 Å². The molecule has 0 N–H and O–H groups in total. The van der Waals surface area contributed by atoms with Gasteiger partial charge in [0.05, 0.1) is 23.7 Å². The van der Waals surface area contributed by atoms with Crippen molar-refractivity contribution in [2.45, 2.75) is 26.0 Å². The molecule has 1 amide bonds. The monoisotopic (exact) mass is 306 g/mol. The predicted molar refractivity (Wildman–Crippen MR) is 79.3 cm³/mol. The fraction of sp³-hybridized carbons (Fsp3) is 0.500. The number of carbonyl (C=O) groups excluding carboxylic acids is 1. The number of amides is 1. The van der Waals surface area contributed by atoms with Crippen molar-refractivity contribution in [1.29, 1.82) is 0 Å². The maximum Gasteiger partial charge on any atom is 0.264 e. The summed E-state index contributed by atoms with van der Waals surface area (Å²) in [6.07, 6.45) is 2.81. The number of likely N-dealkylation sites (tertiary alicyclic amines) is 1. The van der Waals surface area contributed by atoms with Gasteiger partial charge in [-0.15, -0.1) is 16.4 Å². The minimum absolute atomic E-state index is 0.118. The van der Waals surface area contributed by atoms with Crippen molar-refractivity contribution in [3.05, 3.63) is 33.8 Å². The van der Waals surface area contributed by atoms with Crippen molar-refractivity contribution in [2.75, 3.05) is 20.2 Å². The van der Waals surface area contributed by atoms with Gasteiger partial charge in [0.1, 0.15) is 5.69 Å². The van der Waals surface area contributed by atoms with Crippen LogP contribution < -0.4 is 0 Å². The zero-order valence-corrected chi connectivity index (χ0v) is 13.0. The Bertz CT molecular complexity index is 636. The van der Waals surface area contributed by atoms with Gasteiger partial charge in [-0.2, -0.15) is 0 Å². The maximum absolute atomic E-state index is 12.4. The number of aromatic nitrogens is 3. The molecule has 112 valence electrons. The van der Waals surface area contributed by atoms with E-state index in [0.717, 1.165) is 29.1 Å². The molecule has 0 bridgehead atoms. The third-order valence-electron chi connectivity index (χ3n) is 3.62. The molecule has 2 aromatic heterocycles. The van der Waals surface area contributed by atoms with Crippen LogP contribution in [-0.4, -0.2) is 46.0 Å². The molecule has 1 aliphatic heterocycles. The number of carbonyl (C=O) groups is 1. The van der Waals surface area contributed by atoms with E-state index in [9.17, 15) is 4.79 Å². The summed E-state index contributed by atoms with van der Waals surface area (Å²) in [5.41, 5.74) is 1.95. The summed E-state index contributed by atoms with van der Waals surface area (Å²) in [5.74, 6) is 0.118. The summed E-state index contributed by atoms with van der Waals surface area (Å²) in [4.78, 5) is 15.1. The standard InChI is InChI=1S/C14H18N4O2S/c1-10-5-13(21-9-10)14(19)17-4-3-12(7-17)18-6-11(8-20-2)15-16-18/h5-6,9,12H,3-4,7-8H2,1-2H3/t12-/m0/s1. The van der Waals surface area contributed by atoms with Gasteiger partial charge in [-0.1, -0.05) is 5.21 Å². The van der Waals surface area contributed by atoms with E-state index in [1.54, 1.807) is 7.11 Å². The molecular weight excluding hydrogens is 288 g/mol. The highest BCUT2D eigenvalue weighted by Crippen LogP contribution is 2.24. The van der Waals surface area contributed by atoms with Crippen LogP contribution in [0, 0.1) is 6.92 Å². The molecule has 3 heterocycles. The van der Waals surface area contributed by atoms with Gasteiger partial charge >= 0.3 is 0 Å². The highest BCUT2D eigenvalue weighted by molar-refractivity contribution is 7.12. The van der Waals surface area contributed by atoms with Gasteiger partial charge < -0.3 is 9.64 Å². The van der Waals surface area contributed by atoms with Crippen LogP contribution in [0.25, 0.3) is 0 Å². The molecule has 0 aliphatic carbocycles. The topological polar surface area (TPSA) is 60.2 Å². The average Bonchev–Trinajstić information content (AvgIpc) is 3.17. The molecule has 1 fully saturated rings. The van der Waals surface area contributed by atoms with Gasteiger partial charge in [0.2, 0.25) is 0 Å². The molecule has 2 aromatic rings. The second kappa shape index (κ2) is 5.95. The van der Waals surface area contributed by atoms with E-state index >= 15 is 0 Å². The van der Waals surface area contributed by atoms with Gasteiger partial charge in [-0.05, 0) is 30.4 Å². The molecule has 21 heavy (non-hydrogen) atoms. The first kappa shape index (κ1) is 14.2. The lowest BCUT2D eigenvalue weighted by molar-refractivity contribution is 0.0791. The number of hydrogen-bond donors (Lipinski definition) is 0. The largest absolute Gasteiger partial charge is 0.378 e. The summed E-state index contributed by atoms with van der Waals surface area (Å²) in [6, 6.07) is 2.15. The molecule has 3 rings (SSSR count). The number of hydrogen-bond acceptors (Lipinski definition) is 5. The van der Waals surface area contributed by atoms with Crippen LogP contribution in [0.5, 0.6) is 0 Å². The molecule has 7 heteroatoms. The lowest BCUT2D eigenvalue weighted by atomic mass is 10.3. The Balaban J connectivity index is 1.65. The third-order valence-corrected chi connectivity index (χ3v) is 4.65. The Labute approximate surface area is 127 Å². The molecule has 1 saturated heterocycles. The van der Waals surface area contributed by atoms with Crippen LogP contribution in [0.2, 0.25) is 0 Å². The van der Waals surface area contributed by atoms with Crippen molar-refractivity contribution >= 4 is 17.2 Å². The third kappa shape index (κ3) is 2.98. The molecule has 0 saturated carbocycles. The summed E-state index contributed by atoms with van der Waals surface area (Å²) < 4.78 is 6.89. The first-order valence-electron chi connectivity index (χ1n) is 6.91. The predicted octanol–water partition coefficient (Wildman–Crippen LogP) is 1.88. The van der Waals surface area contributed by atoms with Crippen LogP contribution in [0.15, 0.2) is 17.6 Å². The van der Waals surface area contributed by atoms with Crippen molar-refractivity contribution in [1.82, 2.24) is 19.9 Å². The number of methoxy groups -OCH3 is 1. The van der Waals surface area contributed by atoms with Gasteiger partial charge in [0.25, 0.3) is 5.91 Å². The number of rotatable bonds is 4. The molecule has 0 spiro atoms. The van der Waals surface area contributed by atoms with Gasteiger partial charge in [0, 0.05) is 20.2 Å². The second-order valence-corrected chi connectivity index (χ2v) is 6.22. The van der Waals surface area contributed by atoms with Gasteiger partial charge in [0.15, 0.2) is 0 Å². The SMILES string of the molecule is COCc1cn([C@H]2CCN(C(=O)c3cc(C)cs3)C2)nn1. The summed E-state index contributed by atoms with van der Waals surface area (Å²) in [6.45, 7) is 3.92. The van der Waals surface area contributed by atoms with E-state index in [1.165, 1.54) is 11.3 Å². The molecule has 0 aromatic carbocycles. The minimum atomic E-state index is 0.118. The van der Waals surface area contributed by atoms with Crippen molar-refractivity contribution in [2.24, 2.45) is 0 Å². The summed E-state index contributed by atoms with van der Waals surface area (Å²) >= 11 is 1.51. The summed E-state index contributed by atoms with van der Waals surface area (Å²) in [7, 11) is 1.64. The number of ether oxygens (including phenoxy) is 1. The van der Waals surface area contributed by atoms with Crippen LogP contribution in [-0.2, 0) is 11.3 Å². The lowest BCUT2D eigenvalue weighted by Gasteiger charge is -2.15. The smallest absolute Gasteiger partial charge is 0.264 e. The molecule has 0 radical (unpaired) electrons. The molecule has 1 aliphatic rings. The van der Waals surface area contributed by atoms with E-state index in [0.29, 0.717) is 13.2 Å². The van der Waals surface area contributed by atoms with E-state index < -0.39 is 0 Å². The fourth-order valence-corrected chi connectivity index (χ4v) is 3.41. The fourth-order valence-electron chi connectivity index (χ4n) is 2.55. The Morgan fingerprint density at radius 1 is 1.57 bits per heavy atom. The van der Waals surface area contributed by atoms with E-state index in [2.05, 4.69) is 10.3 Å². The first-order valence-corrected chi connectivity index (χ1v) is 7.79. The van der Waals surface area contributed by atoms with Gasteiger partial charge in [-0.25, -0.2) is 4.68 Å². The second-order valence-electron chi connectivity index (χ2n) is 5.30. The van der Waals surface area contributed by atoms with E-state index in [-0.39, 0.29) is 11.9 Å². The number of aryl methyl sites for hydroxylation is 1. The highest BCUT2D eigenvalue weighted by Gasteiger charge is 2.29. The van der Waals surface area contributed by atoms with Crippen LogP contribution in [0.3, 0.4) is 0 Å². The van der Waals surface area contributed by atoms with Crippen molar-refractivity contribution in [3.8, 4) is 0 Å². The van der Waals surface area contributed by atoms with E-state index in [1.807, 2.05) is 34.1 Å². The Morgan fingerprint density at radius 2 is 2.43 bits per heavy atom. The molecule has 0 unspecified atom stereocenters.